The molecular weight excluding hydrogens is 472 g/mol. The van der Waals surface area contributed by atoms with E-state index in [1.165, 1.54) is 0 Å². The molecule has 7 aromatic carbocycles. The summed E-state index contributed by atoms with van der Waals surface area (Å²) in [6, 6.07) is 18.3. The summed E-state index contributed by atoms with van der Waals surface area (Å²) in [6.07, 6.45) is 0. The van der Waals surface area contributed by atoms with Crippen molar-refractivity contribution in [3.63, 3.8) is 0 Å². The average molecular weight is 508 g/mol. The summed E-state index contributed by atoms with van der Waals surface area (Å²) >= 11 is 0. The first-order valence-electron chi connectivity index (χ1n) is 18.0. The molecular formula is C38H24O. The Hall–Kier alpha value is -5.14. The molecule has 0 spiro atoms. The van der Waals surface area contributed by atoms with E-state index < -0.39 is 54.4 Å². The van der Waals surface area contributed by atoms with E-state index in [0.29, 0.717) is 16.5 Å². The molecule has 1 heteroatoms. The molecule has 8 rings (SSSR count). The van der Waals surface area contributed by atoms with Crippen molar-refractivity contribution in [3.8, 4) is 33.4 Å². The highest BCUT2D eigenvalue weighted by Crippen LogP contribution is 2.44. The molecule has 0 radical (unpaired) electrons. The third kappa shape index (κ3) is 3.48. The molecule has 182 valence electrons. The first kappa shape index (κ1) is 13.6. The van der Waals surface area contributed by atoms with Crippen molar-refractivity contribution in [2.24, 2.45) is 0 Å². The third-order valence-electron chi connectivity index (χ3n) is 7.05. The van der Waals surface area contributed by atoms with Crippen LogP contribution < -0.4 is 0 Å². The lowest BCUT2D eigenvalue weighted by Crippen LogP contribution is -1.91. The maximum Gasteiger partial charge on any atom is 0.135 e. The molecule has 0 fully saturated rings. The number of rotatable bonds is 3. The van der Waals surface area contributed by atoms with Gasteiger partial charge in [0.25, 0.3) is 0 Å². The van der Waals surface area contributed by atoms with Crippen LogP contribution in [0.4, 0.5) is 0 Å². The van der Waals surface area contributed by atoms with Crippen LogP contribution in [0.5, 0.6) is 0 Å². The van der Waals surface area contributed by atoms with Crippen LogP contribution in [-0.2, 0) is 0 Å². The van der Waals surface area contributed by atoms with Gasteiger partial charge in [-0.3, -0.25) is 0 Å². The second-order valence-corrected chi connectivity index (χ2v) is 9.25. The van der Waals surface area contributed by atoms with Gasteiger partial charge in [0.2, 0.25) is 0 Å². The van der Waals surface area contributed by atoms with E-state index in [1.54, 1.807) is 36.4 Å². The number of hydrogen-bond donors (Lipinski definition) is 0. The molecule has 0 aliphatic carbocycles. The highest BCUT2D eigenvalue weighted by Gasteiger charge is 2.17. The molecule has 8 aromatic rings. The molecule has 0 bridgehead atoms. The van der Waals surface area contributed by atoms with Gasteiger partial charge in [-0.25, -0.2) is 0 Å². The Bertz CT molecular complexity index is 2670. The van der Waals surface area contributed by atoms with Crippen LogP contribution >= 0.6 is 0 Å². The van der Waals surface area contributed by atoms with Crippen LogP contribution in [0, 0.1) is 0 Å². The van der Waals surface area contributed by atoms with Crippen LogP contribution in [0.15, 0.2) is 150 Å². The van der Waals surface area contributed by atoms with Crippen molar-refractivity contribution >= 4 is 43.5 Å². The largest absolute Gasteiger partial charge is 0.456 e. The monoisotopic (exact) mass is 507 g/mol. The zero-order valence-electron chi connectivity index (χ0n) is 31.4. The summed E-state index contributed by atoms with van der Waals surface area (Å²) in [5.41, 5.74) is 2.44. The van der Waals surface area contributed by atoms with Gasteiger partial charge in [0.05, 0.1) is 15.1 Å². The second kappa shape index (κ2) is 8.72. The van der Waals surface area contributed by atoms with Gasteiger partial charge in [0.15, 0.2) is 0 Å². The lowest BCUT2D eigenvalue weighted by atomic mass is 9.85. The second-order valence-electron chi connectivity index (χ2n) is 9.25. The Labute approximate surface area is 242 Å². The van der Waals surface area contributed by atoms with Gasteiger partial charge < -0.3 is 4.42 Å². The molecule has 0 saturated heterocycles. The lowest BCUT2D eigenvalue weighted by molar-refractivity contribution is 0.669. The summed E-state index contributed by atoms with van der Waals surface area (Å²) in [5.74, 6) is 0. The van der Waals surface area contributed by atoms with Crippen LogP contribution in [0.1, 0.15) is 15.1 Å². The maximum atomic E-state index is 9.48. The average Bonchev–Trinajstić information content (AvgIpc) is 3.53. The van der Waals surface area contributed by atoms with E-state index in [-0.39, 0.29) is 61.3 Å². The number of para-hydroxylation sites is 1. The highest BCUT2D eigenvalue weighted by atomic mass is 16.3. The maximum absolute atomic E-state index is 9.48. The van der Waals surface area contributed by atoms with Gasteiger partial charge in [-0.15, -0.1) is 0 Å². The normalized spacial score (nSPS) is 15.5. The van der Waals surface area contributed by atoms with Gasteiger partial charge in [-0.2, -0.15) is 0 Å². The Morgan fingerprint density at radius 3 is 1.59 bits per heavy atom. The highest BCUT2D eigenvalue weighted by molar-refractivity contribution is 6.22. The zero-order chi connectivity index (χ0) is 35.3. The minimum atomic E-state index is -0.590. The first-order chi connectivity index (χ1) is 23.9. The summed E-state index contributed by atoms with van der Waals surface area (Å²) in [4.78, 5) is 0. The SMILES string of the molecule is [2H]c1c(-c2c3c([2H])c([2H])c([2H])c([2H])c3c(-c3ccc(-c4ccccc4)cc3)c3c([2H])c([2H])c([2H])c([2H])c23)c([2H])c2c(oc3ccccc32)c1[2H]. The van der Waals surface area contributed by atoms with E-state index >= 15 is 0 Å². The van der Waals surface area contributed by atoms with E-state index in [4.69, 9.17) is 11.3 Å². The van der Waals surface area contributed by atoms with Crippen LogP contribution in [-0.4, -0.2) is 0 Å². The van der Waals surface area contributed by atoms with Gasteiger partial charge in [0.1, 0.15) is 11.2 Å². The summed E-state index contributed by atoms with van der Waals surface area (Å²) in [6.45, 7) is 0. The predicted molar refractivity (Wildman–Crippen MR) is 165 cm³/mol. The van der Waals surface area contributed by atoms with Crippen LogP contribution in [0.25, 0.3) is 76.9 Å². The fraction of sp³-hybridized carbons (Fsp3) is 0. The van der Waals surface area contributed by atoms with E-state index in [1.807, 2.05) is 42.5 Å². The van der Waals surface area contributed by atoms with E-state index in [0.717, 1.165) is 11.1 Å². The van der Waals surface area contributed by atoms with Crippen molar-refractivity contribution in [3.05, 3.63) is 145 Å². The van der Waals surface area contributed by atoms with Gasteiger partial charge in [0, 0.05) is 10.8 Å². The summed E-state index contributed by atoms with van der Waals surface area (Å²) < 4.78 is 105. The van der Waals surface area contributed by atoms with E-state index in [2.05, 4.69) is 0 Å². The molecule has 0 atom stereocenters. The Kier molecular flexibility index (Phi) is 3.04. The van der Waals surface area contributed by atoms with Gasteiger partial charge >= 0.3 is 0 Å². The van der Waals surface area contributed by atoms with Crippen molar-refractivity contribution in [1.29, 1.82) is 0 Å². The minimum Gasteiger partial charge on any atom is -0.456 e. The van der Waals surface area contributed by atoms with Crippen LogP contribution in [0.3, 0.4) is 0 Å². The molecule has 1 heterocycles. The van der Waals surface area contributed by atoms with Crippen molar-refractivity contribution in [2.45, 2.75) is 0 Å². The molecule has 1 aromatic heterocycles. The summed E-state index contributed by atoms with van der Waals surface area (Å²) in [5, 5.41) is 0.403. The third-order valence-corrected chi connectivity index (χ3v) is 7.05. The lowest BCUT2D eigenvalue weighted by Gasteiger charge is -2.18. The molecule has 0 unspecified atom stereocenters. The molecule has 39 heavy (non-hydrogen) atoms. The number of hydrogen-bond acceptors (Lipinski definition) is 1. The fourth-order valence-corrected chi connectivity index (χ4v) is 5.28. The smallest absolute Gasteiger partial charge is 0.135 e. The molecule has 0 N–H and O–H groups in total. The minimum absolute atomic E-state index is 0.00232. The molecule has 0 amide bonds. The molecule has 0 aliphatic heterocycles. The van der Waals surface area contributed by atoms with Crippen molar-refractivity contribution in [1.82, 2.24) is 0 Å². The zero-order valence-corrected chi connectivity index (χ0v) is 20.4. The number of fused-ring (bicyclic) bond motifs is 5. The van der Waals surface area contributed by atoms with Crippen molar-refractivity contribution < 1.29 is 19.5 Å². The van der Waals surface area contributed by atoms with Gasteiger partial charge in [-0.05, 0) is 73.1 Å². The van der Waals surface area contributed by atoms with Crippen molar-refractivity contribution in [2.75, 3.05) is 0 Å². The summed E-state index contributed by atoms with van der Waals surface area (Å²) in [7, 11) is 0. The number of furan rings is 1. The Morgan fingerprint density at radius 2 is 0.923 bits per heavy atom. The van der Waals surface area contributed by atoms with E-state index in [9.17, 15) is 8.22 Å². The topological polar surface area (TPSA) is 13.1 Å². The van der Waals surface area contributed by atoms with Crippen LogP contribution in [0.2, 0.25) is 0 Å². The molecule has 0 aliphatic rings. The predicted octanol–water partition coefficient (Wildman–Crippen LogP) is 10.9. The quantitative estimate of drug-likeness (QED) is 0.217. The Morgan fingerprint density at radius 1 is 0.385 bits per heavy atom. The molecule has 0 saturated carbocycles. The molecule has 1 nitrogen and oxygen atoms in total. The fourth-order valence-electron chi connectivity index (χ4n) is 5.28. The van der Waals surface area contributed by atoms with Gasteiger partial charge in [-0.1, -0.05) is 127 Å². The first-order valence-corrected chi connectivity index (χ1v) is 12.5. The number of benzene rings is 7. The Balaban J connectivity index is 1.64. The standard InChI is InChI=1S/C38H24O/c1-2-10-25(11-3-1)26-18-20-27(21-19-26)37-30-13-4-6-15-32(30)38(33-16-7-5-14-31(33)37)28-22-23-36-34(24-28)29-12-8-9-17-35(29)39-36/h1-24H/i4D,5D,6D,7D,13D,14D,15D,16D,22D,23D,24D.